The average molecular weight is 284 g/mol. The molecule has 18 heavy (non-hydrogen) atoms. The summed E-state index contributed by atoms with van der Waals surface area (Å²) >= 11 is 2.88. The summed E-state index contributed by atoms with van der Waals surface area (Å²) in [7, 11) is 0. The Morgan fingerprint density at radius 1 is 1.33 bits per heavy atom. The van der Waals surface area contributed by atoms with Gasteiger partial charge in [0.05, 0.1) is 6.10 Å². The van der Waals surface area contributed by atoms with Crippen LogP contribution < -0.4 is 0 Å². The van der Waals surface area contributed by atoms with Crippen molar-refractivity contribution in [2.45, 2.75) is 36.1 Å². The molecule has 0 spiro atoms. The van der Waals surface area contributed by atoms with E-state index in [0.717, 1.165) is 14.2 Å². The van der Waals surface area contributed by atoms with Gasteiger partial charge in [0, 0.05) is 4.90 Å². The molecule has 0 saturated carbocycles. The minimum atomic E-state index is -0.711. The molecule has 0 radical (unpaired) electrons. The second kappa shape index (κ2) is 5.34. The van der Waals surface area contributed by atoms with E-state index in [-0.39, 0.29) is 5.82 Å². The van der Waals surface area contributed by atoms with Crippen LogP contribution in [-0.4, -0.2) is 15.3 Å². The summed E-state index contributed by atoms with van der Waals surface area (Å²) in [4.78, 5) is 0.819. The second-order valence-electron chi connectivity index (χ2n) is 4.00. The first-order chi connectivity index (χ1) is 8.47. The largest absolute Gasteiger partial charge is 0.389 e. The molecule has 1 atom stereocenters. The summed E-state index contributed by atoms with van der Waals surface area (Å²) in [5.74, 6) is -0.302. The molecule has 3 nitrogen and oxygen atoms in total. The Balaban J connectivity index is 2.39. The third-order valence-electron chi connectivity index (χ3n) is 2.45. The molecule has 0 fully saturated rings. The number of benzene rings is 1. The van der Waals surface area contributed by atoms with Gasteiger partial charge in [0.2, 0.25) is 0 Å². The lowest BCUT2D eigenvalue weighted by molar-refractivity contribution is 0.196. The van der Waals surface area contributed by atoms with Crippen LogP contribution in [0.3, 0.4) is 0 Å². The van der Waals surface area contributed by atoms with Gasteiger partial charge >= 0.3 is 0 Å². The van der Waals surface area contributed by atoms with Crippen molar-refractivity contribution in [3.8, 4) is 0 Å². The molecule has 2 rings (SSSR count). The molecule has 1 N–H and O–H groups in total. The van der Waals surface area contributed by atoms with Crippen molar-refractivity contribution in [2.75, 3.05) is 0 Å². The minimum absolute atomic E-state index is 0.302. The minimum Gasteiger partial charge on any atom is -0.389 e. The number of nitrogens with zero attached hydrogens (tertiary/aromatic N) is 2. The molecule has 6 heteroatoms. The van der Waals surface area contributed by atoms with E-state index in [1.807, 2.05) is 6.92 Å². The smallest absolute Gasteiger partial charge is 0.179 e. The highest BCUT2D eigenvalue weighted by molar-refractivity contribution is 8.01. The number of hydrogen-bond acceptors (Lipinski definition) is 5. The van der Waals surface area contributed by atoms with Crippen LogP contribution in [0.5, 0.6) is 0 Å². The zero-order valence-electron chi connectivity index (χ0n) is 10.3. The molecule has 0 aliphatic heterocycles. The van der Waals surface area contributed by atoms with Gasteiger partial charge in [-0.25, -0.2) is 4.39 Å². The predicted octanol–water partition coefficient (Wildman–Crippen LogP) is 3.50. The van der Waals surface area contributed by atoms with E-state index < -0.39 is 6.10 Å². The lowest BCUT2D eigenvalue weighted by Crippen LogP contribution is -1.97. The summed E-state index contributed by atoms with van der Waals surface area (Å²) in [6.45, 7) is 5.21. The Morgan fingerprint density at radius 2 is 2.06 bits per heavy atom. The molecule has 0 saturated heterocycles. The number of hydrogen-bond donors (Lipinski definition) is 1. The normalized spacial score (nSPS) is 12.7. The van der Waals surface area contributed by atoms with Gasteiger partial charge in [-0.15, -0.1) is 10.2 Å². The Labute approximate surface area is 113 Å². The fourth-order valence-electron chi connectivity index (χ4n) is 1.50. The Hall–Kier alpha value is -0.980. The van der Waals surface area contributed by atoms with Crippen LogP contribution in [0.15, 0.2) is 21.4 Å². The highest BCUT2D eigenvalue weighted by Gasteiger charge is 2.14. The number of aliphatic hydroxyl groups excluding tert-OH is 1. The quantitative estimate of drug-likeness (QED) is 0.937. The van der Waals surface area contributed by atoms with Gasteiger partial charge in [-0.2, -0.15) is 0 Å². The van der Waals surface area contributed by atoms with Crippen LogP contribution in [-0.2, 0) is 0 Å². The van der Waals surface area contributed by atoms with Crippen molar-refractivity contribution in [1.29, 1.82) is 0 Å². The van der Waals surface area contributed by atoms with E-state index in [4.69, 9.17) is 0 Å². The Kier molecular flexibility index (Phi) is 3.99. The zero-order valence-corrected chi connectivity index (χ0v) is 11.9. The van der Waals surface area contributed by atoms with Crippen LogP contribution in [0.1, 0.15) is 29.2 Å². The summed E-state index contributed by atoms with van der Waals surface area (Å²) < 4.78 is 14.3. The fraction of sp³-hybridized carbons (Fsp3) is 0.333. The van der Waals surface area contributed by atoms with Crippen molar-refractivity contribution in [2.24, 2.45) is 0 Å². The summed E-state index contributed by atoms with van der Waals surface area (Å²) in [6.07, 6.45) is -0.711. The lowest BCUT2D eigenvalue weighted by Gasteiger charge is -2.12. The molecular weight excluding hydrogens is 271 g/mol. The molecule has 1 aromatic heterocycles. The number of rotatable bonds is 3. The Morgan fingerprint density at radius 3 is 2.61 bits per heavy atom. The first-order valence-electron chi connectivity index (χ1n) is 5.43. The lowest BCUT2D eigenvalue weighted by atomic mass is 10.1. The molecule has 96 valence electrons. The average Bonchev–Trinajstić information content (AvgIpc) is 2.68. The van der Waals surface area contributed by atoms with Gasteiger partial charge in [0.1, 0.15) is 10.8 Å². The summed E-state index contributed by atoms with van der Waals surface area (Å²) in [6, 6.07) is 3.12. The second-order valence-corrected chi connectivity index (χ2v) is 6.47. The third-order valence-corrected chi connectivity index (χ3v) is 4.41. The van der Waals surface area contributed by atoms with E-state index in [0.29, 0.717) is 11.1 Å². The van der Waals surface area contributed by atoms with Crippen molar-refractivity contribution >= 4 is 23.1 Å². The topological polar surface area (TPSA) is 46.0 Å². The SMILES string of the molecule is Cc1nnc(Sc2cc(C)c(F)cc2C(C)O)s1. The highest BCUT2D eigenvalue weighted by Crippen LogP contribution is 2.36. The van der Waals surface area contributed by atoms with Gasteiger partial charge in [-0.1, -0.05) is 23.1 Å². The van der Waals surface area contributed by atoms with Crippen molar-refractivity contribution < 1.29 is 9.50 Å². The first-order valence-corrected chi connectivity index (χ1v) is 7.06. The van der Waals surface area contributed by atoms with Gasteiger partial charge in [-0.3, -0.25) is 0 Å². The maximum absolute atomic E-state index is 13.5. The zero-order chi connectivity index (χ0) is 13.3. The van der Waals surface area contributed by atoms with Crippen LogP contribution >= 0.6 is 23.1 Å². The summed E-state index contributed by atoms with van der Waals surface area (Å²) in [5.41, 5.74) is 1.14. The maximum Gasteiger partial charge on any atom is 0.179 e. The predicted molar refractivity (Wildman–Crippen MR) is 70.5 cm³/mol. The van der Waals surface area contributed by atoms with Crippen molar-refractivity contribution in [1.82, 2.24) is 10.2 Å². The van der Waals surface area contributed by atoms with E-state index in [2.05, 4.69) is 10.2 Å². The van der Waals surface area contributed by atoms with Gasteiger partial charge in [0.15, 0.2) is 4.34 Å². The number of halogens is 1. The fourth-order valence-corrected chi connectivity index (χ4v) is 3.57. The standard InChI is InChI=1S/C12H13FN2OS2/c1-6-4-11(9(7(2)16)5-10(6)13)18-12-15-14-8(3)17-12/h4-5,7,16H,1-3H3. The van der Waals surface area contributed by atoms with Crippen LogP contribution in [0.4, 0.5) is 4.39 Å². The van der Waals surface area contributed by atoms with Gasteiger partial charge in [-0.05, 0) is 44.0 Å². The molecule has 1 heterocycles. The molecule has 0 bridgehead atoms. The van der Waals surface area contributed by atoms with E-state index >= 15 is 0 Å². The highest BCUT2D eigenvalue weighted by atomic mass is 32.2. The number of aliphatic hydroxyl groups is 1. The molecule has 0 aliphatic rings. The molecule has 2 aromatic rings. The first kappa shape index (κ1) is 13.5. The van der Waals surface area contributed by atoms with E-state index in [1.54, 1.807) is 19.9 Å². The van der Waals surface area contributed by atoms with Crippen molar-refractivity contribution in [3.05, 3.63) is 34.1 Å². The van der Waals surface area contributed by atoms with Crippen molar-refractivity contribution in [3.63, 3.8) is 0 Å². The number of aromatic nitrogens is 2. The van der Waals surface area contributed by atoms with E-state index in [1.165, 1.54) is 29.2 Å². The molecule has 1 unspecified atom stereocenters. The van der Waals surface area contributed by atoms with Crippen LogP contribution in [0.2, 0.25) is 0 Å². The van der Waals surface area contributed by atoms with Crippen LogP contribution in [0, 0.1) is 19.7 Å². The summed E-state index contributed by atoms with van der Waals surface area (Å²) in [5, 5.41) is 18.5. The van der Waals surface area contributed by atoms with Gasteiger partial charge < -0.3 is 5.11 Å². The molecule has 1 aromatic carbocycles. The number of aryl methyl sites for hydroxylation is 2. The molecule has 0 aliphatic carbocycles. The monoisotopic (exact) mass is 284 g/mol. The Bertz CT molecular complexity index is 569. The maximum atomic E-state index is 13.5. The van der Waals surface area contributed by atoms with Crippen LogP contribution in [0.25, 0.3) is 0 Å². The van der Waals surface area contributed by atoms with E-state index in [9.17, 15) is 9.50 Å². The third kappa shape index (κ3) is 2.88. The molecule has 0 amide bonds. The van der Waals surface area contributed by atoms with Gasteiger partial charge in [0.25, 0.3) is 0 Å². The molecular formula is C12H13FN2OS2.